The number of methoxy groups -OCH3 is 2. The van der Waals surface area contributed by atoms with E-state index in [0.29, 0.717) is 5.92 Å². The minimum Gasteiger partial charge on any atom is -0.356 e. The summed E-state index contributed by atoms with van der Waals surface area (Å²) >= 11 is 0. The van der Waals surface area contributed by atoms with Crippen molar-refractivity contribution in [1.82, 2.24) is 0 Å². The van der Waals surface area contributed by atoms with E-state index in [4.69, 9.17) is 9.47 Å². The molecule has 76 valence electrons. The molecule has 0 spiro atoms. The Hall–Kier alpha value is -0.410. The summed E-state index contributed by atoms with van der Waals surface area (Å²) in [4.78, 5) is 10.7. The van der Waals surface area contributed by atoms with Gasteiger partial charge in [-0.1, -0.05) is 13.8 Å². The molecular weight excluding hydrogens is 168 g/mol. The molecule has 0 aromatic carbocycles. The summed E-state index contributed by atoms with van der Waals surface area (Å²) < 4.78 is 10.2. The normalized spacial score (nSPS) is 30.5. The lowest BCUT2D eigenvalue weighted by Gasteiger charge is -2.13. The van der Waals surface area contributed by atoms with Crippen molar-refractivity contribution in [2.45, 2.75) is 26.6 Å². The first-order chi connectivity index (χ1) is 6.07. The van der Waals surface area contributed by atoms with E-state index in [1.807, 2.05) is 0 Å². The summed E-state index contributed by atoms with van der Waals surface area (Å²) in [6.45, 7) is 4.22. The zero-order chi connectivity index (χ0) is 10.1. The second kappa shape index (κ2) is 3.76. The van der Waals surface area contributed by atoms with Crippen molar-refractivity contribution in [3.63, 3.8) is 0 Å². The first-order valence-electron chi connectivity index (χ1n) is 4.58. The molecule has 0 heterocycles. The van der Waals surface area contributed by atoms with Gasteiger partial charge in [0, 0.05) is 26.6 Å². The standard InChI is InChI=1S/C10H18O3/c1-10(2)7(8(10)6-11)5-9(12-3)13-4/h6-9H,5H2,1-4H3/t7-,8+/m0/s1. The Morgan fingerprint density at radius 3 is 2.23 bits per heavy atom. The first-order valence-corrected chi connectivity index (χ1v) is 4.58. The van der Waals surface area contributed by atoms with Gasteiger partial charge in [-0.2, -0.15) is 0 Å². The summed E-state index contributed by atoms with van der Waals surface area (Å²) in [6, 6.07) is 0. The fraction of sp³-hybridized carbons (Fsp3) is 0.900. The van der Waals surface area contributed by atoms with Crippen LogP contribution in [0.4, 0.5) is 0 Å². The minimum absolute atomic E-state index is 0.136. The smallest absolute Gasteiger partial charge is 0.157 e. The molecule has 0 unspecified atom stereocenters. The molecule has 1 rings (SSSR count). The van der Waals surface area contributed by atoms with Crippen LogP contribution in [0.1, 0.15) is 20.3 Å². The lowest BCUT2D eigenvalue weighted by atomic mass is 10.1. The van der Waals surface area contributed by atoms with Crippen LogP contribution < -0.4 is 0 Å². The molecule has 13 heavy (non-hydrogen) atoms. The molecule has 2 atom stereocenters. The van der Waals surface area contributed by atoms with Gasteiger partial charge in [-0.15, -0.1) is 0 Å². The number of aldehydes is 1. The maximum Gasteiger partial charge on any atom is 0.157 e. The zero-order valence-electron chi connectivity index (χ0n) is 8.74. The highest BCUT2D eigenvalue weighted by atomic mass is 16.7. The van der Waals surface area contributed by atoms with Gasteiger partial charge in [0.2, 0.25) is 0 Å². The van der Waals surface area contributed by atoms with Gasteiger partial charge >= 0.3 is 0 Å². The van der Waals surface area contributed by atoms with Gasteiger partial charge in [-0.3, -0.25) is 0 Å². The lowest BCUT2D eigenvalue weighted by molar-refractivity contribution is -0.113. The van der Waals surface area contributed by atoms with Gasteiger partial charge in [0.25, 0.3) is 0 Å². The van der Waals surface area contributed by atoms with Crippen LogP contribution in [-0.2, 0) is 14.3 Å². The number of rotatable bonds is 5. The Bertz CT molecular complexity index is 185. The SMILES string of the molecule is COC(C[C@H]1[C@@H](C=O)C1(C)C)OC. The summed E-state index contributed by atoms with van der Waals surface area (Å²) in [6.07, 6.45) is 1.69. The predicted molar refractivity (Wildman–Crippen MR) is 49.2 cm³/mol. The van der Waals surface area contributed by atoms with Crippen molar-refractivity contribution in [2.24, 2.45) is 17.3 Å². The molecular formula is C10H18O3. The van der Waals surface area contributed by atoms with Gasteiger partial charge in [0.1, 0.15) is 6.29 Å². The average Bonchev–Trinajstić information content (AvgIpc) is 2.63. The number of carbonyl (C=O) groups excluding carboxylic acids is 1. The van der Waals surface area contributed by atoms with Crippen molar-refractivity contribution in [1.29, 1.82) is 0 Å². The Morgan fingerprint density at radius 1 is 1.38 bits per heavy atom. The van der Waals surface area contributed by atoms with Gasteiger partial charge in [0.15, 0.2) is 6.29 Å². The van der Waals surface area contributed by atoms with E-state index in [-0.39, 0.29) is 17.6 Å². The van der Waals surface area contributed by atoms with E-state index in [0.717, 1.165) is 12.7 Å². The Balaban J connectivity index is 2.43. The second-order valence-electron chi connectivity index (χ2n) is 4.23. The molecule has 3 heteroatoms. The second-order valence-corrected chi connectivity index (χ2v) is 4.23. The Labute approximate surface area is 79.4 Å². The number of hydrogen-bond donors (Lipinski definition) is 0. The van der Waals surface area contributed by atoms with Gasteiger partial charge in [0.05, 0.1) is 0 Å². The van der Waals surface area contributed by atoms with Crippen molar-refractivity contribution in [2.75, 3.05) is 14.2 Å². The molecule has 0 amide bonds. The molecule has 0 aliphatic heterocycles. The monoisotopic (exact) mass is 186 g/mol. The summed E-state index contributed by atoms with van der Waals surface area (Å²) in [5.74, 6) is 0.593. The zero-order valence-corrected chi connectivity index (χ0v) is 8.74. The summed E-state index contributed by atoms with van der Waals surface area (Å²) in [5.41, 5.74) is 0.136. The topological polar surface area (TPSA) is 35.5 Å². The fourth-order valence-electron chi connectivity index (χ4n) is 2.00. The molecule has 3 nitrogen and oxygen atoms in total. The maximum absolute atomic E-state index is 10.7. The summed E-state index contributed by atoms with van der Waals surface area (Å²) in [5, 5.41) is 0. The lowest BCUT2D eigenvalue weighted by Crippen LogP contribution is -2.14. The number of ether oxygens (including phenoxy) is 2. The van der Waals surface area contributed by atoms with Crippen LogP contribution >= 0.6 is 0 Å². The van der Waals surface area contributed by atoms with Crippen LogP contribution in [0.2, 0.25) is 0 Å². The van der Waals surface area contributed by atoms with Crippen LogP contribution in [0, 0.1) is 17.3 Å². The molecule has 0 aromatic heterocycles. The molecule has 0 bridgehead atoms. The van der Waals surface area contributed by atoms with Crippen molar-refractivity contribution in [3.05, 3.63) is 0 Å². The third kappa shape index (κ3) is 1.92. The van der Waals surface area contributed by atoms with Crippen LogP contribution in [0.15, 0.2) is 0 Å². The van der Waals surface area contributed by atoms with Crippen molar-refractivity contribution < 1.29 is 14.3 Å². The first kappa shape index (κ1) is 10.7. The molecule has 1 aliphatic rings. The third-order valence-corrected chi connectivity index (χ3v) is 3.26. The predicted octanol–water partition coefficient (Wildman–Crippen LogP) is 1.47. The van der Waals surface area contributed by atoms with Crippen molar-refractivity contribution in [3.8, 4) is 0 Å². The number of hydrogen-bond acceptors (Lipinski definition) is 3. The van der Waals surface area contributed by atoms with Crippen LogP contribution in [0.3, 0.4) is 0 Å². The average molecular weight is 186 g/mol. The highest BCUT2D eigenvalue weighted by Crippen LogP contribution is 2.59. The largest absolute Gasteiger partial charge is 0.356 e. The quantitative estimate of drug-likeness (QED) is 0.482. The Morgan fingerprint density at radius 2 is 1.92 bits per heavy atom. The molecule has 1 aliphatic carbocycles. The maximum atomic E-state index is 10.7. The van der Waals surface area contributed by atoms with E-state index < -0.39 is 0 Å². The van der Waals surface area contributed by atoms with Gasteiger partial charge < -0.3 is 14.3 Å². The van der Waals surface area contributed by atoms with Gasteiger partial charge in [-0.25, -0.2) is 0 Å². The molecule has 1 saturated carbocycles. The molecule has 1 fully saturated rings. The fourth-order valence-corrected chi connectivity index (χ4v) is 2.00. The number of carbonyl (C=O) groups is 1. The van der Waals surface area contributed by atoms with E-state index in [1.165, 1.54) is 0 Å². The third-order valence-electron chi connectivity index (χ3n) is 3.26. The van der Waals surface area contributed by atoms with E-state index in [2.05, 4.69) is 13.8 Å². The van der Waals surface area contributed by atoms with E-state index >= 15 is 0 Å². The van der Waals surface area contributed by atoms with Crippen LogP contribution in [0.5, 0.6) is 0 Å². The van der Waals surface area contributed by atoms with E-state index in [1.54, 1.807) is 14.2 Å². The van der Waals surface area contributed by atoms with Crippen LogP contribution in [-0.4, -0.2) is 26.8 Å². The highest BCUT2D eigenvalue weighted by Gasteiger charge is 2.57. The molecule has 0 aromatic rings. The van der Waals surface area contributed by atoms with Crippen LogP contribution in [0.25, 0.3) is 0 Å². The molecule has 0 radical (unpaired) electrons. The molecule has 0 N–H and O–H groups in total. The summed E-state index contributed by atoms with van der Waals surface area (Å²) in [7, 11) is 3.25. The molecule has 0 saturated heterocycles. The van der Waals surface area contributed by atoms with Crippen molar-refractivity contribution >= 4 is 6.29 Å². The Kier molecular flexibility index (Phi) is 3.09. The van der Waals surface area contributed by atoms with E-state index in [9.17, 15) is 4.79 Å². The van der Waals surface area contributed by atoms with Gasteiger partial charge in [-0.05, 0) is 11.3 Å². The minimum atomic E-state index is -0.172. The highest BCUT2D eigenvalue weighted by molar-refractivity contribution is 5.61.